The maximum atomic E-state index is 12.2. The van der Waals surface area contributed by atoms with Crippen molar-refractivity contribution in [1.82, 2.24) is 4.90 Å². The van der Waals surface area contributed by atoms with E-state index in [4.69, 9.17) is 9.73 Å². The van der Waals surface area contributed by atoms with Crippen LogP contribution in [0.15, 0.2) is 53.7 Å². The molecule has 2 aromatic rings. The number of ether oxygens (including phenoxy) is 1. The Balaban J connectivity index is 0.00000117. The number of rotatable bonds is 4. The van der Waals surface area contributed by atoms with Crippen molar-refractivity contribution >= 4 is 11.8 Å². The summed E-state index contributed by atoms with van der Waals surface area (Å²) in [5.74, 6) is 0.808. The molecule has 1 atom stereocenters. The lowest BCUT2D eigenvalue weighted by Gasteiger charge is -2.32. The number of hydrogen-bond donors (Lipinski definition) is 0. The van der Waals surface area contributed by atoms with E-state index in [1.807, 2.05) is 42.8 Å². The molecule has 0 saturated carbocycles. The van der Waals surface area contributed by atoms with E-state index in [0.717, 1.165) is 25.3 Å². The van der Waals surface area contributed by atoms with Gasteiger partial charge in [0, 0.05) is 43.2 Å². The lowest BCUT2D eigenvalue weighted by Crippen LogP contribution is -2.41. The minimum absolute atomic E-state index is 0.188. The summed E-state index contributed by atoms with van der Waals surface area (Å²) < 4.78 is 7.62. The minimum Gasteiger partial charge on any atom is -0.394 e. The average Bonchev–Trinajstić information content (AvgIpc) is 3.05. The Labute approximate surface area is 174 Å². The molecule has 0 bridgehead atoms. The number of amidine groups is 1. The second-order valence-electron chi connectivity index (χ2n) is 7.97. The molecule has 5 heteroatoms. The largest absolute Gasteiger partial charge is 0.408 e. The predicted molar refractivity (Wildman–Crippen MR) is 115 cm³/mol. The fraction of sp³-hybridized carbons (Fsp3) is 0.458. The van der Waals surface area contributed by atoms with Crippen molar-refractivity contribution in [2.45, 2.75) is 52.2 Å². The second kappa shape index (κ2) is 8.76. The highest BCUT2D eigenvalue weighted by Gasteiger charge is 2.43. The van der Waals surface area contributed by atoms with E-state index in [9.17, 15) is 4.79 Å². The van der Waals surface area contributed by atoms with Gasteiger partial charge in [0.15, 0.2) is 6.20 Å². The topological polar surface area (TPSA) is 45.8 Å². The number of carbonyl (C=O) groups is 1. The minimum atomic E-state index is -0.289. The summed E-state index contributed by atoms with van der Waals surface area (Å²) in [6, 6.07) is 14.1. The molecule has 29 heavy (non-hydrogen) atoms. The molecule has 5 nitrogen and oxygen atoms in total. The van der Waals surface area contributed by atoms with Crippen molar-refractivity contribution in [3.05, 3.63) is 65.5 Å². The van der Waals surface area contributed by atoms with E-state index >= 15 is 0 Å². The third-order valence-corrected chi connectivity index (χ3v) is 5.51. The Hall–Kier alpha value is -2.69. The molecule has 0 N–H and O–H groups in total. The van der Waals surface area contributed by atoms with Crippen LogP contribution in [0.1, 0.15) is 68.4 Å². The molecule has 0 fully saturated rings. The molecule has 0 radical (unpaired) electrons. The van der Waals surface area contributed by atoms with Crippen molar-refractivity contribution in [3.63, 3.8) is 0 Å². The maximum absolute atomic E-state index is 12.2. The van der Waals surface area contributed by atoms with Crippen LogP contribution in [0.3, 0.4) is 0 Å². The number of esters is 1. The molecule has 0 amide bonds. The summed E-state index contributed by atoms with van der Waals surface area (Å²) in [5.41, 5.74) is 2.83. The highest BCUT2D eigenvalue weighted by atomic mass is 16.6. The van der Waals surface area contributed by atoms with Gasteiger partial charge in [-0.05, 0) is 18.1 Å². The first-order valence-electron chi connectivity index (χ1n) is 10.5. The molecule has 2 aliphatic heterocycles. The van der Waals surface area contributed by atoms with Crippen LogP contribution in [0.4, 0.5) is 0 Å². The number of aliphatic imine (C=N–C) groups is 1. The van der Waals surface area contributed by atoms with Crippen LogP contribution in [0.2, 0.25) is 0 Å². The molecule has 0 unspecified atom stereocenters. The smallest absolute Gasteiger partial charge is 0.394 e. The van der Waals surface area contributed by atoms with E-state index in [1.165, 1.54) is 11.1 Å². The van der Waals surface area contributed by atoms with Crippen molar-refractivity contribution in [1.29, 1.82) is 0 Å². The molecule has 1 aromatic carbocycles. The molecule has 1 aromatic heterocycles. The predicted octanol–water partition coefficient (Wildman–Crippen LogP) is 4.12. The summed E-state index contributed by atoms with van der Waals surface area (Å²) in [4.78, 5) is 19.2. The number of cyclic esters (lactones) is 1. The monoisotopic (exact) mass is 394 g/mol. The highest BCUT2D eigenvalue weighted by molar-refractivity contribution is 6.00. The molecule has 0 saturated heterocycles. The summed E-state index contributed by atoms with van der Waals surface area (Å²) >= 11 is 0. The lowest BCUT2D eigenvalue weighted by molar-refractivity contribution is -0.745. The standard InChI is InChI=1S/C22H26N3O2.C2H6/c1-22(2,15-19-25-14-7-6-11-18(25)21(26)27-19)17-10-5-4-9-16(17)20-23-12-8-13-24(20)3;1-2/h4-7,9-11,14,19H,8,12-13,15H2,1-3H3;1-2H3/q+1;/t19-;/m1./s1. The normalized spacial score (nSPS) is 18.4. The van der Waals surface area contributed by atoms with Crippen molar-refractivity contribution < 1.29 is 14.1 Å². The number of fused-ring (bicyclic) bond motifs is 1. The number of benzene rings is 1. The second-order valence-corrected chi connectivity index (χ2v) is 7.97. The van der Waals surface area contributed by atoms with Crippen LogP contribution in [-0.2, 0) is 10.2 Å². The van der Waals surface area contributed by atoms with Crippen molar-refractivity contribution in [2.75, 3.05) is 20.1 Å². The third-order valence-electron chi connectivity index (χ3n) is 5.51. The molecule has 0 aliphatic carbocycles. The number of carbonyl (C=O) groups excluding carboxylic acids is 1. The number of hydrogen-bond acceptors (Lipinski definition) is 4. The molecular formula is C24H32N3O2+. The van der Waals surface area contributed by atoms with Crippen LogP contribution < -0.4 is 4.57 Å². The SMILES string of the molecule is CC.CN1CCCN=C1c1ccccc1C(C)(C)C[C@H]1OC(=O)c2cccc[n+]21. The molecule has 0 spiro atoms. The van der Waals surface area contributed by atoms with Crippen LogP contribution in [-0.4, -0.2) is 36.8 Å². The zero-order valence-electron chi connectivity index (χ0n) is 18.2. The van der Waals surface area contributed by atoms with E-state index in [2.05, 4.69) is 50.1 Å². The van der Waals surface area contributed by atoms with Crippen molar-refractivity contribution in [2.24, 2.45) is 4.99 Å². The van der Waals surface area contributed by atoms with Gasteiger partial charge in [0.25, 0.3) is 5.69 Å². The Kier molecular flexibility index (Phi) is 6.36. The quantitative estimate of drug-likeness (QED) is 0.579. The summed E-state index contributed by atoms with van der Waals surface area (Å²) in [6.07, 6.45) is 3.43. The van der Waals surface area contributed by atoms with Gasteiger partial charge in [-0.15, -0.1) is 0 Å². The summed E-state index contributed by atoms with van der Waals surface area (Å²) in [5, 5.41) is 0. The van der Waals surface area contributed by atoms with Gasteiger partial charge in [0.1, 0.15) is 5.84 Å². The van der Waals surface area contributed by atoms with Gasteiger partial charge in [-0.1, -0.05) is 52.0 Å². The van der Waals surface area contributed by atoms with Crippen LogP contribution in [0.25, 0.3) is 0 Å². The Bertz CT molecular complexity index is 905. The number of nitrogens with zero attached hydrogens (tertiary/aromatic N) is 3. The fourth-order valence-corrected chi connectivity index (χ4v) is 4.09. The van der Waals surface area contributed by atoms with Gasteiger partial charge in [0.05, 0.1) is 6.42 Å². The summed E-state index contributed by atoms with van der Waals surface area (Å²) in [6.45, 7) is 10.3. The maximum Gasteiger partial charge on any atom is 0.408 e. The first-order valence-corrected chi connectivity index (χ1v) is 10.5. The Morgan fingerprint density at radius 3 is 2.66 bits per heavy atom. The van der Waals surface area contributed by atoms with E-state index in [0.29, 0.717) is 12.1 Å². The van der Waals surface area contributed by atoms with Crippen LogP contribution in [0, 0.1) is 0 Å². The van der Waals surface area contributed by atoms with Crippen molar-refractivity contribution in [3.8, 4) is 0 Å². The van der Waals surface area contributed by atoms with E-state index in [-0.39, 0.29) is 17.6 Å². The fourth-order valence-electron chi connectivity index (χ4n) is 4.09. The summed E-state index contributed by atoms with van der Waals surface area (Å²) in [7, 11) is 2.10. The first kappa shape index (κ1) is 21.0. The van der Waals surface area contributed by atoms with E-state index < -0.39 is 0 Å². The number of aromatic nitrogens is 1. The van der Waals surface area contributed by atoms with Gasteiger partial charge in [-0.25, -0.2) is 4.79 Å². The Morgan fingerprint density at radius 1 is 1.17 bits per heavy atom. The van der Waals surface area contributed by atoms with Crippen LogP contribution >= 0.6 is 0 Å². The van der Waals surface area contributed by atoms with E-state index in [1.54, 1.807) is 0 Å². The molecule has 3 heterocycles. The van der Waals surface area contributed by atoms with Gasteiger partial charge in [-0.2, -0.15) is 4.57 Å². The molecular weight excluding hydrogens is 362 g/mol. The first-order chi connectivity index (χ1) is 14.0. The molecule has 154 valence electrons. The van der Waals surface area contributed by atoms with Gasteiger partial charge in [0.2, 0.25) is 0 Å². The third kappa shape index (κ3) is 4.19. The molecule has 4 rings (SSSR count). The number of pyridine rings is 1. The van der Waals surface area contributed by atoms with Gasteiger partial charge in [-0.3, -0.25) is 4.99 Å². The van der Waals surface area contributed by atoms with Crippen LogP contribution in [0.5, 0.6) is 0 Å². The Morgan fingerprint density at radius 2 is 1.90 bits per heavy atom. The van der Waals surface area contributed by atoms with Gasteiger partial charge >= 0.3 is 12.2 Å². The molecule has 2 aliphatic rings. The van der Waals surface area contributed by atoms with Gasteiger partial charge < -0.3 is 9.64 Å². The average molecular weight is 395 g/mol. The highest BCUT2D eigenvalue weighted by Crippen LogP contribution is 2.35. The lowest BCUT2D eigenvalue weighted by atomic mass is 9.78. The zero-order chi connectivity index (χ0) is 21.0. The zero-order valence-corrected chi connectivity index (χ0v) is 18.2.